The van der Waals surface area contributed by atoms with Crippen LogP contribution in [0.1, 0.15) is 31.9 Å². The van der Waals surface area contributed by atoms with Crippen LogP contribution in [-0.2, 0) is 26.2 Å². The van der Waals surface area contributed by atoms with Crippen LogP contribution in [0.15, 0.2) is 82.2 Å². The van der Waals surface area contributed by atoms with Gasteiger partial charge >= 0.3 is 0 Å². The molecule has 0 radical (unpaired) electrons. The van der Waals surface area contributed by atoms with E-state index in [1.54, 1.807) is 50.2 Å². The molecule has 0 saturated heterocycles. The first-order valence-corrected chi connectivity index (χ1v) is 14.7. The zero-order valence-electron chi connectivity index (χ0n) is 21.7. The fourth-order valence-corrected chi connectivity index (χ4v) is 5.80. The van der Waals surface area contributed by atoms with Crippen molar-refractivity contribution in [2.45, 2.75) is 51.2 Å². The molecule has 10 heteroatoms. The molecule has 0 aliphatic rings. The van der Waals surface area contributed by atoms with E-state index in [9.17, 15) is 18.0 Å². The van der Waals surface area contributed by atoms with E-state index in [-0.39, 0.29) is 29.1 Å². The van der Waals surface area contributed by atoms with Crippen molar-refractivity contribution in [2.24, 2.45) is 0 Å². The number of anilines is 1. The molecule has 0 aliphatic heterocycles. The Morgan fingerprint density at radius 3 is 2.18 bits per heavy atom. The molecule has 202 valence electrons. The van der Waals surface area contributed by atoms with Gasteiger partial charge in [0.25, 0.3) is 10.0 Å². The van der Waals surface area contributed by atoms with Crippen LogP contribution in [0.5, 0.6) is 0 Å². The molecular weight excluding hydrogens is 590 g/mol. The highest BCUT2D eigenvalue weighted by Crippen LogP contribution is 2.31. The lowest BCUT2D eigenvalue weighted by atomic mass is 10.1. The van der Waals surface area contributed by atoms with Gasteiger partial charge in [0.1, 0.15) is 12.6 Å². The van der Waals surface area contributed by atoms with Gasteiger partial charge in [-0.15, -0.1) is 0 Å². The third-order valence-electron chi connectivity index (χ3n) is 5.98. The Morgan fingerprint density at radius 2 is 1.58 bits per heavy atom. The predicted molar refractivity (Wildman–Crippen MR) is 155 cm³/mol. The Bertz CT molecular complexity index is 1380. The third kappa shape index (κ3) is 7.15. The van der Waals surface area contributed by atoms with Crippen molar-refractivity contribution in [1.29, 1.82) is 0 Å². The second-order valence-corrected chi connectivity index (χ2v) is 12.4. The number of hydrogen-bond acceptors (Lipinski definition) is 4. The molecule has 7 nitrogen and oxygen atoms in total. The molecule has 0 fully saturated rings. The number of nitrogens with zero attached hydrogens (tertiary/aromatic N) is 2. The lowest BCUT2D eigenvalue weighted by molar-refractivity contribution is -0.139. The van der Waals surface area contributed by atoms with E-state index >= 15 is 0 Å². The minimum Gasteiger partial charge on any atom is -0.352 e. The number of amides is 2. The van der Waals surface area contributed by atoms with Crippen LogP contribution in [0.3, 0.4) is 0 Å². The molecular formula is C28H31BrClN3O4S. The summed E-state index contributed by atoms with van der Waals surface area (Å²) in [7, 11) is -4.14. The molecule has 0 heterocycles. The maximum atomic E-state index is 13.9. The minimum absolute atomic E-state index is 0.0391. The van der Waals surface area contributed by atoms with Crippen LogP contribution < -0.4 is 9.62 Å². The van der Waals surface area contributed by atoms with Crippen molar-refractivity contribution in [2.75, 3.05) is 10.8 Å². The van der Waals surface area contributed by atoms with Gasteiger partial charge in [-0.3, -0.25) is 13.9 Å². The van der Waals surface area contributed by atoms with Gasteiger partial charge in [-0.25, -0.2) is 8.42 Å². The molecule has 3 aromatic rings. The van der Waals surface area contributed by atoms with Crippen LogP contribution >= 0.6 is 27.5 Å². The van der Waals surface area contributed by atoms with Crippen molar-refractivity contribution in [3.05, 3.63) is 93.4 Å². The predicted octanol–water partition coefficient (Wildman–Crippen LogP) is 5.55. The summed E-state index contributed by atoms with van der Waals surface area (Å²) in [4.78, 5) is 28.3. The minimum atomic E-state index is -4.14. The standard InChI is InChI=1S/C28H31BrClN3O4S/c1-19(2)31-28(35)21(4)32(17-22-13-15-23(29)16-14-22)27(34)18-33(26-12-8-11-25(30)20(26)3)38(36,37)24-9-6-5-7-10-24/h5-16,19,21H,17-18H2,1-4H3,(H,31,35). The maximum Gasteiger partial charge on any atom is 0.264 e. The summed E-state index contributed by atoms with van der Waals surface area (Å²) >= 11 is 9.75. The third-order valence-corrected chi connectivity index (χ3v) is 8.69. The largest absolute Gasteiger partial charge is 0.352 e. The van der Waals surface area contributed by atoms with Crippen LogP contribution in [-0.4, -0.2) is 43.8 Å². The summed E-state index contributed by atoms with van der Waals surface area (Å²) in [5.41, 5.74) is 1.60. The summed E-state index contributed by atoms with van der Waals surface area (Å²) in [6.07, 6.45) is 0. The lowest BCUT2D eigenvalue weighted by Gasteiger charge is -2.32. The smallest absolute Gasteiger partial charge is 0.264 e. The summed E-state index contributed by atoms with van der Waals surface area (Å²) in [5.74, 6) is -0.861. The quantitative estimate of drug-likeness (QED) is 0.322. The molecule has 38 heavy (non-hydrogen) atoms. The highest BCUT2D eigenvalue weighted by molar-refractivity contribution is 9.10. The van der Waals surface area contributed by atoms with Crippen LogP contribution in [0, 0.1) is 6.92 Å². The molecule has 0 aromatic heterocycles. The number of halogens is 2. The number of carbonyl (C=O) groups is 2. The lowest BCUT2D eigenvalue weighted by Crippen LogP contribution is -2.52. The van der Waals surface area contributed by atoms with Gasteiger partial charge < -0.3 is 10.2 Å². The van der Waals surface area contributed by atoms with Crippen molar-refractivity contribution >= 4 is 55.1 Å². The van der Waals surface area contributed by atoms with E-state index in [1.165, 1.54) is 17.0 Å². The van der Waals surface area contributed by atoms with E-state index in [2.05, 4.69) is 21.2 Å². The van der Waals surface area contributed by atoms with Crippen molar-refractivity contribution in [1.82, 2.24) is 10.2 Å². The SMILES string of the molecule is Cc1c(Cl)cccc1N(CC(=O)N(Cc1ccc(Br)cc1)C(C)C(=O)NC(C)C)S(=O)(=O)c1ccccc1. The Kier molecular flexibility index (Phi) is 9.98. The van der Waals surface area contributed by atoms with Gasteiger partial charge in [0.05, 0.1) is 10.6 Å². The second kappa shape index (κ2) is 12.8. The number of carbonyl (C=O) groups excluding carboxylic acids is 2. The van der Waals surface area contributed by atoms with Crippen molar-refractivity contribution in [3.8, 4) is 0 Å². The monoisotopic (exact) mass is 619 g/mol. The molecule has 0 aliphatic carbocycles. The first-order valence-electron chi connectivity index (χ1n) is 12.1. The Balaban J connectivity index is 2.06. The summed E-state index contributed by atoms with van der Waals surface area (Å²) in [6, 6.07) is 19.2. The molecule has 0 bridgehead atoms. The number of rotatable bonds is 10. The van der Waals surface area contributed by atoms with Gasteiger partial charge in [-0.05, 0) is 75.2 Å². The average Bonchev–Trinajstić information content (AvgIpc) is 2.88. The topological polar surface area (TPSA) is 86.8 Å². The fourth-order valence-electron chi connectivity index (χ4n) is 3.87. The van der Waals surface area contributed by atoms with Gasteiger partial charge in [0.15, 0.2) is 0 Å². The molecule has 3 rings (SSSR count). The van der Waals surface area contributed by atoms with E-state index in [0.29, 0.717) is 10.6 Å². The van der Waals surface area contributed by atoms with E-state index in [0.717, 1.165) is 14.3 Å². The fraction of sp³-hybridized carbons (Fsp3) is 0.286. The number of benzene rings is 3. The summed E-state index contributed by atoms with van der Waals surface area (Å²) in [6.45, 7) is 6.60. The van der Waals surface area contributed by atoms with Crippen molar-refractivity contribution in [3.63, 3.8) is 0 Å². The first kappa shape index (κ1) is 29.7. The highest BCUT2D eigenvalue weighted by atomic mass is 79.9. The maximum absolute atomic E-state index is 13.9. The van der Waals surface area contributed by atoms with E-state index in [4.69, 9.17) is 11.6 Å². The van der Waals surface area contributed by atoms with Gasteiger partial charge in [-0.2, -0.15) is 0 Å². The Morgan fingerprint density at radius 1 is 0.947 bits per heavy atom. The highest BCUT2D eigenvalue weighted by Gasteiger charge is 2.33. The Labute approximate surface area is 238 Å². The molecule has 1 atom stereocenters. The van der Waals surface area contributed by atoms with Crippen molar-refractivity contribution < 1.29 is 18.0 Å². The zero-order chi connectivity index (χ0) is 28.0. The number of hydrogen-bond donors (Lipinski definition) is 1. The molecule has 0 saturated carbocycles. The molecule has 1 unspecified atom stereocenters. The molecule has 1 N–H and O–H groups in total. The summed E-state index contributed by atoms with van der Waals surface area (Å²) < 4.78 is 29.6. The Hall–Kier alpha value is -2.88. The zero-order valence-corrected chi connectivity index (χ0v) is 24.8. The van der Waals surface area contributed by atoms with Gasteiger partial charge in [0.2, 0.25) is 11.8 Å². The van der Waals surface area contributed by atoms with Crippen LogP contribution in [0.4, 0.5) is 5.69 Å². The summed E-state index contributed by atoms with van der Waals surface area (Å²) in [5, 5.41) is 3.22. The molecule has 2 amide bonds. The second-order valence-electron chi connectivity index (χ2n) is 9.20. The van der Waals surface area contributed by atoms with E-state index < -0.39 is 28.5 Å². The van der Waals surface area contributed by atoms with Gasteiger partial charge in [-0.1, -0.05) is 63.9 Å². The average molecular weight is 621 g/mol. The number of sulfonamides is 1. The normalized spacial score (nSPS) is 12.2. The van der Waals surface area contributed by atoms with E-state index in [1.807, 2.05) is 38.1 Å². The van der Waals surface area contributed by atoms with Crippen LogP contribution in [0.2, 0.25) is 5.02 Å². The molecule has 0 spiro atoms. The first-order chi connectivity index (χ1) is 17.9. The van der Waals surface area contributed by atoms with Gasteiger partial charge in [0, 0.05) is 22.1 Å². The molecule has 3 aromatic carbocycles. The van der Waals surface area contributed by atoms with Crippen LogP contribution in [0.25, 0.3) is 0 Å². The number of nitrogens with one attached hydrogen (secondary N) is 1.